The van der Waals surface area contributed by atoms with Crippen LogP contribution in [-0.4, -0.2) is 50.0 Å². The highest BCUT2D eigenvalue weighted by molar-refractivity contribution is 7.99. The zero-order chi connectivity index (χ0) is 19.9. The van der Waals surface area contributed by atoms with E-state index in [-0.39, 0.29) is 12.0 Å². The second-order valence-electron chi connectivity index (χ2n) is 6.06. The van der Waals surface area contributed by atoms with E-state index >= 15 is 0 Å². The van der Waals surface area contributed by atoms with Crippen molar-refractivity contribution in [2.75, 3.05) is 26.1 Å². The van der Waals surface area contributed by atoms with Crippen molar-refractivity contribution >= 4 is 17.8 Å². The first kappa shape index (κ1) is 21.8. The monoisotopic (exact) mass is 406 g/mol. The fraction of sp³-hybridized carbons (Fsp3) is 0.474. The second kappa shape index (κ2) is 10.1. The van der Waals surface area contributed by atoms with Crippen LogP contribution in [0, 0.1) is 0 Å². The lowest BCUT2D eigenvalue weighted by Gasteiger charge is -2.26. The van der Waals surface area contributed by atoms with Gasteiger partial charge >= 0.3 is 12.3 Å². The summed E-state index contributed by atoms with van der Waals surface area (Å²) in [5.74, 6) is -4.06. The molecule has 0 atom stereocenters. The Hall–Kier alpha value is -1.51. The summed E-state index contributed by atoms with van der Waals surface area (Å²) >= 11 is 1.71. The van der Waals surface area contributed by atoms with Crippen LogP contribution in [0.2, 0.25) is 0 Å². The molecule has 2 rings (SSSR count). The number of benzene rings is 1. The molecule has 0 unspecified atom stereocenters. The fourth-order valence-corrected chi connectivity index (χ4v) is 2.62. The summed E-state index contributed by atoms with van der Waals surface area (Å²) in [6.45, 7) is 1.83. The summed E-state index contributed by atoms with van der Waals surface area (Å²) < 4.78 is 65.8. The van der Waals surface area contributed by atoms with Gasteiger partial charge in [-0.2, -0.15) is 20.5 Å². The molecule has 0 aliphatic carbocycles. The Balaban J connectivity index is 1.86. The Morgan fingerprint density at radius 3 is 2.44 bits per heavy atom. The summed E-state index contributed by atoms with van der Waals surface area (Å²) in [5, 5.41) is 0.354. The molecule has 0 aromatic heterocycles. The van der Waals surface area contributed by atoms with Gasteiger partial charge in [0.2, 0.25) is 0 Å². The van der Waals surface area contributed by atoms with Crippen molar-refractivity contribution in [2.24, 2.45) is 0 Å². The number of alkyl halides is 4. The molecular weight excluding hydrogens is 384 g/mol. The van der Waals surface area contributed by atoms with Gasteiger partial charge < -0.3 is 14.2 Å². The molecule has 1 aliphatic heterocycles. The van der Waals surface area contributed by atoms with Crippen LogP contribution >= 0.6 is 11.8 Å². The molecule has 1 saturated heterocycles. The molecule has 3 nitrogen and oxygen atoms in total. The minimum absolute atomic E-state index is 0.105. The third-order valence-corrected chi connectivity index (χ3v) is 4.71. The largest absolute Gasteiger partial charge is 0.487 e. The number of ether oxygens (including phenoxy) is 3. The third-order valence-electron chi connectivity index (χ3n) is 3.77. The van der Waals surface area contributed by atoms with E-state index in [9.17, 15) is 17.6 Å². The van der Waals surface area contributed by atoms with E-state index in [0.29, 0.717) is 18.5 Å². The summed E-state index contributed by atoms with van der Waals surface area (Å²) in [7, 11) is 0. The Morgan fingerprint density at radius 2 is 1.89 bits per heavy atom. The van der Waals surface area contributed by atoms with Crippen molar-refractivity contribution < 1.29 is 31.8 Å². The predicted molar refractivity (Wildman–Crippen MR) is 98.7 cm³/mol. The lowest BCUT2D eigenvalue weighted by atomic mass is 10.1. The molecule has 1 heterocycles. The molecule has 1 fully saturated rings. The number of hydrogen-bond donors (Lipinski definition) is 0. The van der Waals surface area contributed by atoms with E-state index < -0.39 is 19.0 Å². The maximum Gasteiger partial charge on any atom is 0.340 e. The fourth-order valence-electron chi connectivity index (χ4n) is 2.19. The third kappa shape index (κ3) is 7.20. The van der Waals surface area contributed by atoms with Crippen LogP contribution in [0.25, 0.3) is 6.08 Å². The topological polar surface area (TPSA) is 27.7 Å². The quantitative estimate of drug-likeness (QED) is 0.447. The van der Waals surface area contributed by atoms with Gasteiger partial charge in [-0.1, -0.05) is 29.9 Å². The first-order valence-corrected chi connectivity index (χ1v) is 9.60. The molecule has 1 aromatic rings. The van der Waals surface area contributed by atoms with Crippen LogP contribution in [-0.2, 0) is 9.47 Å². The zero-order valence-corrected chi connectivity index (χ0v) is 15.9. The van der Waals surface area contributed by atoms with Crippen molar-refractivity contribution in [3.63, 3.8) is 0 Å². The molecule has 150 valence electrons. The van der Waals surface area contributed by atoms with Crippen LogP contribution in [0.3, 0.4) is 0 Å². The van der Waals surface area contributed by atoms with Crippen molar-refractivity contribution in [3.8, 4) is 5.75 Å². The van der Waals surface area contributed by atoms with E-state index in [1.165, 1.54) is 12.1 Å². The van der Waals surface area contributed by atoms with Crippen LogP contribution in [0.4, 0.5) is 17.6 Å². The zero-order valence-electron chi connectivity index (χ0n) is 15.0. The number of thioether (sulfide) groups is 1. The minimum atomic E-state index is -4.17. The standard InChI is InChI=1S/C19H22F4O3S/c1-13(3-8-17-24-10-16(27-2)11-25-17)9-14-4-6-15(7-5-14)26-12-19(22,23)18(20)21/h3-9,16-18H,10-12H2,1-2H3. The average Bonchev–Trinajstić information content (AvgIpc) is 2.66. The molecule has 0 N–H and O–H groups in total. The van der Waals surface area contributed by atoms with Gasteiger partial charge in [0.05, 0.1) is 18.5 Å². The summed E-state index contributed by atoms with van der Waals surface area (Å²) in [4.78, 5) is 0. The Kier molecular flexibility index (Phi) is 8.19. The lowest BCUT2D eigenvalue weighted by Crippen LogP contribution is -2.33. The van der Waals surface area contributed by atoms with Gasteiger partial charge in [-0.15, -0.1) is 0 Å². The highest BCUT2D eigenvalue weighted by Crippen LogP contribution is 2.24. The minimum Gasteiger partial charge on any atom is -0.487 e. The maximum absolute atomic E-state index is 12.8. The van der Waals surface area contributed by atoms with Crippen molar-refractivity contribution in [1.82, 2.24) is 0 Å². The van der Waals surface area contributed by atoms with E-state index in [0.717, 1.165) is 11.1 Å². The van der Waals surface area contributed by atoms with E-state index in [4.69, 9.17) is 14.2 Å². The normalized spacial score (nSPS) is 21.8. The van der Waals surface area contributed by atoms with Crippen molar-refractivity contribution in [2.45, 2.75) is 30.8 Å². The molecule has 1 aromatic carbocycles. The second-order valence-corrected chi connectivity index (χ2v) is 7.20. The van der Waals surface area contributed by atoms with Gasteiger partial charge in [-0.3, -0.25) is 0 Å². The summed E-state index contributed by atoms with van der Waals surface area (Å²) in [5.41, 5.74) is 1.75. The van der Waals surface area contributed by atoms with Gasteiger partial charge in [0.15, 0.2) is 12.9 Å². The van der Waals surface area contributed by atoms with Gasteiger partial charge in [0.25, 0.3) is 0 Å². The predicted octanol–water partition coefficient (Wildman–Crippen LogP) is 5.03. The Morgan fingerprint density at radius 1 is 1.26 bits per heavy atom. The van der Waals surface area contributed by atoms with E-state index in [1.807, 2.05) is 31.4 Å². The van der Waals surface area contributed by atoms with Gasteiger partial charge in [0.1, 0.15) is 5.75 Å². The molecule has 0 saturated carbocycles. The Labute approximate surface area is 160 Å². The highest BCUT2D eigenvalue weighted by Gasteiger charge is 2.41. The number of rotatable bonds is 8. The molecule has 0 radical (unpaired) electrons. The first-order chi connectivity index (χ1) is 12.8. The summed E-state index contributed by atoms with van der Waals surface area (Å²) in [6.07, 6.45) is 3.47. The maximum atomic E-state index is 12.8. The Bertz CT molecular complexity index is 639. The van der Waals surface area contributed by atoms with Crippen molar-refractivity contribution in [1.29, 1.82) is 0 Å². The lowest BCUT2D eigenvalue weighted by molar-refractivity contribution is -0.148. The SMILES string of the molecule is CSC1COC(C=CC(C)=Cc2ccc(OCC(F)(F)C(F)F)cc2)OC1. The van der Waals surface area contributed by atoms with Crippen LogP contribution < -0.4 is 4.74 Å². The van der Waals surface area contributed by atoms with Crippen LogP contribution in [0.5, 0.6) is 5.75 Å². The smallest absolute Gasteiger partial charge is 0.340 e. The number of allylic oxidation sites excluding steroid dienone is 2. The molecular formula is C19H22F4O3S. The number of hydrogen-bond acceptors (Lipinski definition) is 4. The van der Waals surface area contributed by atoms with Gasteiger partial charge in [0, 0.05) is 0 Å². The van der Waals surface area contributed by atoms with Crippen LogP contribution in [0.1, 0.15) is 12.5 Å². The first-order valence-electron chi connectivity index (χ1n) is 8.31. The van der Waals surface area contributed by atoms with Gasteiger partial charge in [-0.05, 0) is 37.0 Å². The molecule has 27 heavy (non-hydrogen) atoms. The molecule has 0 amide bonds. The molecule has 0 spiro atoms. The van der Waals surface area contributed by atoms with Crippen molar-refractivity contribution in [3.05, 3.63) is 47.6 Å². The molecule has 8 heteroatoms. The van der Waals surface area contributed by atoms with Crippen LogP contribution in [0.15, 0.2) is 42.0 Å². The van der Waals surface area contributed by atoms with Gasteiger partial charge in [-0.25, -0.2) is 8.78 Å². The van der Waals surface area contributed by atoms with E-state index in [2.05, 4.69) is 0 Å². The average molecular weight is 406 g/mol. The molecule has 0 bridgehead atoms. The number of halogens is 4. The highest BCUT2D eigenvalue weighted by atomic mass is 32.2. The molecule has 1 aliphatic rings. The van der Waals surface area contributed by atoms with E-state index in [1.54, 1.807) is 23.9 Å². The summed E-state index contributed by atoms with van der Waals surface area (Å²) in [6, 6.07) is 6.23.